The van der Waals surface area contributed by atoms with Crippen molar-refractivity contribution >= 4 is 31.2 Å². The van der Waals surface area contributed by atoms with E-state index in [9.17, 15) is 5.11 Å². The maximum absolute atomic E-state index is 10.6. The van der Waals surface area contributed by atoms with Crippen LogP contribution in [0.4, 0.5) is 0 Å². The number of unbranched alkanes of at least 4 members (excludes halogenated alkanes) is 2. The van der Waals surface area contributed by atoms with E-state index in [1.54, 1.807) is 0 Å². The number of hydrogen-bond donors (Lipinski definition) is 1. The van der Waals surface area contributed by atoms with Crippen LogP contribution < -0.4 is 4.46 Å². The summed E-state index contributed by atoms with van der Waals surface area (Å²) >= 11 is 2.27. The summed E-state index contributed by atoms with van der Waals surface area (Å²) < 4.78 is 1.49. The molecule has 0 radical (unpaired) electrons. The minimum absolute atomic E-state index is 0.121. The molecule has 1 nitrogen and oxygen atoms in total. The van der Waals surface area contributed by atoms with E-state index in [4.69, 9.17) is 0 Å². The Labute approximate surface area is 147 Å². The Morgan fingerprint density at radius 3 is 2.36 bits per heavy atom. The van der Waals surface area contributed by atoms with E-state index in [0.29, 0.717) is 25.0 Å². The van der Waals surface area contributed by atoms with E-state index in [1.807, 2.05) is 11.8 Å². The number of rotatable bonds is 11. The summed E-state index contributed by atoms with van der Waals surface area (Å²) in [6.07, 6.45) is 8.96. The monoisotopic (exact) mass is 388 g/mol. The molecule has 126 valence electrons. The van der Waals surface area contributed by atoms with Crippen LogP contribution in [-0.4, -0.2) is 32.4 Å². The average Bonchev–Trinajstić information content (AvgIpc) is 2.56. The second kappa shape index (κ2) is 11.6. The van der Waals surface area contributed by atoms with Gasteiger partial charge in [-0.2, -0.15) is 0 Å². The maximum atomic E-state index is 10.6. The van der Waals surface area contributed by atoms with Gasteiger partial charge in [0.05, 0.1) is 0 Å². The van der Waals surface area contributed by atoms with Gasteiger partial charge in [0.1, 0.15) is 0 Å². The molecule has 2 unspecified atom stereocenters. The minimum atomic E-state index is -0.121. The standard InChI is InChI=1S/C19H32OSSe/c1-5-7-12-17(20)19(13-8-6-2)22-18-14-10-9-11-16(18)15(3)21-4/h9-11,14-15,17,19-20H,5-8,12-13H2,1-4H3/t15-,17?,19?/m0/s1. The molecule has 0 bridgehead atoms. The van der Waals surface area contributed by atoms with Gasteiger partial charge >= 0.3 is 148 Å². The predicted molar refractivity (Wildman–Crippen MR) is 103 cm³/mol. The molecule has 3 heteroatoms. The van der Waals surface area contributed by atoms with Crippen LogP contribution in [0.25, 0.3) is 0 Å². The van der Waals surface area contributed by atoms with Crippen LogP contribution in [0.2, 0.25) is 4.82 Å². The Hall–Kier alpha value is 0.0495. The zero-order valence-electron chi connectivity index (χ0n) is 14.5. The molecule has 0 aromatic heterocycles. The first-order chi connectivity index (χ1) is 10.6. The first-order valence-electron chi connectivity index (χ1n) is 8.60. The van der Waals surface area contributed by atoms with Gasteiger partial charge in [-0.05, 0) is 0 Å². The molecule has 0 aliphatic carbocycles. The fourth-order valence-electron chi connectivity index (χ4n) is 2.55. The summed E-state index contributed by atoms with van der Waals surface area (Å²) in [4.78, 5) is 0.467. The number of benzene rings is 1. The van der Waals surface area contributed by atoms with Crippen LogP contribution in [0.3, 0.4) is 0 Å². The molecule has 0 saturated heterocycles. The van der Waals surface area contributed by atoms with Crippen molar-refractivity contribution in [1.82, 2.24) is 0 Å². The molecule has 0 amide bonds. The Kier molecular flexibility index (Phi) is 10.6. The van der Waals surface area contributed by atoms with Crippen LogP contribution in [0, 0.1) is 0 Å². The second-order valence-electron chi connectivity index (χ2n) is 5.92. The van der Waals surface area contributed by atoms with Crippen molar-refractivity contribution in [3.05, 3.63) is 29.8 Å². The molecule has 0 heterocycles. The van der Waals surface area contributed by atoms with Gasteiger partial charge in [-0.3, -0.25) is 0 Å². The molecule has 0 aliphatic heterocycles. The fourth-order valence-corrected chi connectivity index (χ4v) is 6.20. The van der Waals surface area contributed by atoms with Gasteiger partial charge in [-0.15, -0.1) is 0 Å². The molecule has 0 spiro atoms. The van der Waals surface area contributed by atoms with Gasteiger partial charge in [0.2, 0.25) is 0 Å². The zero-order valence-corrected chi connectivity index (χ0v) is 17.1. The molecule has 0 aliphatic rings. The van der Waals surface area contributed by atoms with E-state index in [1.165, 1.54) is 35.7 Å². The van der Waals surface area contributed by atoms with Gasteiger partial charge in [0.15, 0.2) is 0 Å². The second-order valence-corrected chi connectivity index (χ2v) is 9.79. The van der Waals surface area contributed by atoms with Gasteiger partial charge in [-0.1, -0.05) is 0 Å². The molecule has 1 aromatic carbocycles. The van der Waals surface area contributed by atoms with Gasteiger partial charge in [0.25, 0.3) is 0 Å². The van der Waals surface area contributed by atoms with E-state index in [2.05, 4.69) is 51.3 Å². The topological polar surface area (TPSA) is 20.2 Å². The Morgan fingerprint density at radius 2 is 1.73 bits per heavy atom. The number of aliphatic hydroxyl groups excluding tert-OH is 1. The van der Waals surface area contributed by atoms with Crippen molar-refractivity contribution in [3.63, 3.8) is 0 Å². The normalized spacial score (nSPS) is 15.5. The molecule has 0 saturated carbocycles. The van der Waals surface area contributed by atoms with Crippen molar-refractivity contribution in [1.29, 1.82) is 0 Å². The van der Waals surface area contributed by atoms with Crippen molar-refractivity contribution < 1.29 is 5.11 Å². The number of thioether (sulfide) groups is 1. The van der Waals surface area contributed by atoms with E-state index < -0.39 is 0 Å². The van der Waals surface area contributed by atoms with Gasteiger partial charge in [0, 0.05) is 0 Å². The molecular formula is C19H32OSSe. The number of aliphatic hydroxyl groups is 1. The molecule has 1 N–H and O–H groups in total. The average molecular weight is 387 g/mol. The third-order valence-corrected chi connectivity index (χ3v) is 8.18. The van der Waals surface area contributed by atoms with E-state index in [-0.39, 0.29) is 6.10 Å². The first kappa shape index (κ1) is 20.1. The summed E-state index contributed by atoms with van der Waals surface area (Å²) in [5.74, 6) is 0. The summed E-state index contributed by atoms with van der Waals surface area (Å²) in [5, 5.41) is 11.2. The van der Waals surface area contributed by atoms with Crippen LogP contribution in [0.15, 0.2) is 24.3 Å². The molecule has 22 heavy (non-hydrogen) atoms. The number of hydrogen-bond acceptors (Lipinski definition) is 2. The first-order valence-corrected chi connectivity index (χ1v) is 11.7. The van der Waals surface area contributed by atoms with Crippen molar-refractivity contribution in [2.45, 2.75) is 75.5 Å². The van der Waals surface area contributed by atoms with Crippen LogP contribution >= 0.6 is 11.8 Å². The predicted octanol–water partition coefficient (Wildman–Crippen LogP) is 4.97. The van der Waals surface area contributed by atoms with Crippen LogP contribution in [0.5, 0.6) is 0 Å². The third kappa shape index (κ3) is 6.66. The Morgan fingerprint density at radius 1 is 1.09 bits per heavy atom. The SMILES string of the molecule is CCCCC(O)C(CCCC)[Se]c1ccccc1[C@H](C)SC. The fraction of sp³-hybridized carbons (Fsp3) is 0.684. The van der Waals surface area contributed by atoms with Gasteiger partial charge < -0.3 is 0 Å². The van der Waals surface area contributed by atoms with Crippen LogP contribution in [-0.2, 0) is 0 Å². The summed E-state index contributed by atoms with van der Waals surface area (Å²) in [6, 6.07) is 8.86. The molecule has 1 aromatic rings. The summed E-state index contributed by atoms with van der Waals surface area (Å²) in [7, 11) is 0. The van der Waals surface area contributed by atoms with Crippen molar-refractivity contribution in [2.75, 3.05) is 6.26 Å². The van der Waals surface area contributed by atoms with Crippen molar-refractivity contribution in [3.8, 4) is 0 Å². The van der Waals surface area contributed by atoms with Crippen LogP contribution in [0.1, 0.15) is 70.1 Å². The zero-order chi connectivity index (χ0) is 16.4. The van der Waals surface area contributed by atoms with E-state index in [0.717, 1.165) is 12.8 Å². The molecular weight excluding hydrogens is 355 g/mol. The molecule has 3 atom stereocenters. The van der Waals surface area contributed by atoms with E-state index >= 15 is 0 Å². The van der Waals surface area contributed by atoms with Crippen molar-refractivity contribution in [2.24, 2.45) is 0 Å². The Balaban J connectivity index is 2.84. The Bertz CT molecular complexity index is 410. The molecule has 1 rings (SSSR count). The summed E-state index contributed by atoms with van der Waals surface area (Å²) in [5.41, 5.74) is 1.47. The third-order valence-electron chi connectivity index (χ3n) is 4.11. The van der Waals surface area contributed by atoms with Gasteiger partial charge in [-0.25, -0.2) is 0 Å². The quantitative estimate of drug-likeness (QED) is 0.541. The summed E-state index contributed by atoms with van der Waals surface area (Å²) in [6.45, 7) is 6.73. The molecule has 0 fully saturated rings.